The molecule has 0 bridgehead atoms. The molecule has 2 aliphatic rings. The van der Waals surface area contributed by atoms with E-state index in [2.05, 4.69) is 245 Å². The fourth-order valence-electron chi connectivity index (χ4n) is 10.7. The molecule has 11 rings (SSSR count). The molecule has 8 aromatic carbocycles. The van der Waals surface area contributed by atoms with Crippen molar-refractivity contribution in [2.75, 3.05) is 0 Å². The van der Waals surface area contributed by atoms with E-state index in [9.17, 15) is 0 Å². The smallest absolute Gasteiger partial charge is 0.256 e. The van der Waals surface area contributed by atoms with Crippen molar-refractivity contribution in [3.8, 4) is 39.4 Å². The highest BCUT2D eigenvalue weighted by Crippen LogP contribution is 2.42. The second-order valence-electron chi connectivity index (χ2n) is 23.5. The fraction of sp³-hybridized carbons (Fsp3) is 0.250. The molecular formula is C64H62BNO. The second kappa shape index (κ2) is 15.0. The third-order valence-corrected chi connectivity index (χ3v) is 14.7. The first-order valence-corrected chi connectivity index (χ1v) is 24.3. The third kappa shape index (κ3) is 7.16. The van der Waals surface area contributed by atoms with Gasteiger partial charge in [-0.25, -0.2) is 0 Å². The van der Waals surface area contributed by atoms with Gasteiger partial charge in [-0.3, -0.25) is 0 Å². The Hall–Kier alpha value is -6.58. The van der Waals surface area contributed by atoms with Crippen molar-refractivity contribution in [1.29, 1.82) is 0 Å². The van der Waals surface area contributed by atoms with Crippen LogP contribution in [0.1, 0.15) is 105 Å². The fourth-order valence-corrected chi connectivity index (χ4v) is 10.7. The molecule has 3 heterocycles. The largest absolute Gasteiger partial charge is 0.458 e. The molecule has 0 unspecified atom stereocenters. The quantitative estimate of drug-likeness (QED) is 0.158. The van der Waals surface area contributed by atoms with Crippen LogP contribution in [0.4, 0.5) is 0 Å². The second-order valence-corrected chi connectivity index (χ2v) is 23.5. The Labute approximate surface area is 398 Å². The van der Waals surface area contributed by atoms with Gasteiger partial charge in [-0.2, -0.15) is 0 Å². The first kappa shape index (κ1) is 43.0. The highest BCUT2D eigenvalue weighted by atomic mass is 16.5. The van der Waals surface area contributed by atoms with Gasteiger partial charge in [0.05, 0.1) is 11.0 Å². The zero-order valence-corrected chi connectivity index (χ0v) is 41.4. The molecule has 9 aromatic rings. The molecule has 1 aromatic heterocycles. The predicted molar refractivity (Wildman–Crippen MR) is 290 cm³/mol. The molecule has 0 saturated carbocycles. The highest BCUT2D eigenvalue weighted by Gasteiger charge is 2.40. The van der Waals surface area contributed by atoms with Crippen LogP contribution in [0.25, 0.3) is 71.3 Å². The van der Waals surface area contributed by atoms with Crippen LogP contribution in [0, 0.1) is 0 Å². The van der Waals surface area contributed by atoms with E-state index in [0.717, 1.165) is 17.0 Å². The minimum atomic E-state index is -0.0877. The number of ether oxygens (including phenoxy) is 1. The van der Waals surface area contributed by atoms with Gasteiger partial charge < -0.3 is 9.30 Å². The van der Waals surface area contributed by atoms with Crippen molar-refractivity contribution in [2.24, 2.45) is 0 Å². The van der Waals surface area contributed by atoms with Gasteiger partial charge in [-0.1, -0.05) is 210 Å². The lowest BCUT2D eigenvalue weighted by Crippen LogP contribution is -2.58. The number of nitrogens with zero attached hydrogens (tertiary/aromatic N) is 1. The molecule has 3 heteroatoms. The number of para-hydroxylation sites is 1. The SMILES string of the molecule is CC(C)(C)c1cc(-c2ccc3c(c2)B2c4ccc(-c5cc(C(C)(C)C)cc(C(C)(C)C)c5)cc4-n4c5ccccc5c5ccccc5c5ccccc5c5ccc(c2c54)O3)cc(C(C)(C)C)c1. The van der Waals surface area contributed by atoms with Gasteiger partial charge in [-0.15, -0.1) is 0 Å². The van der Waals surface area contributed by atoms with E-state index >= 15 is 0 Å². The van der Waals surface area contributed by atoms with Crippen LogP contribution in [0.5, 0.6) is 11.5 Å². The molecule has 332 valence electrons. The maximum absolute atomic E-state index is 7.16. The Morgan fingerprint density at radius 1 is 0.358 bits per heavy atom. The van der Waals surface area contributed by atoms with Gasteiger partial charge in [0.15, 0.2) is 0 Å². The van der Waals surface area contributed by atoms with Crippen molar-refractivity contribution in [3.63, 3.8) is 0 Å². The standard InChI is InChI=1S/C64H62BNO/c1-61(2,3)43-31-41(32-44(37-43)62(4,5)6)39-26-29-57-54(35-39)65-53-28-25-40(42-33-45(63(7,8)9)38-46(34-42)64(10,11)12)36-56(53)66-55-24-18-17-23-51(55)49-21-15-13-19-47(49)48-20-14-16-22-50(48)52-27-30-58(67-57)59(65)60(52)66/h13-38H,1-12H3. The zero-order valence-electron chi connectivity index (χ0n) is 41.4. The lowest BCUT2D eigenvalue weighted by Gasteiger charge is -2.35. The average Bonchev–Trinajstić information content (AvgIpc) is 3.33. The summed E-state index contributed by atoms with van der Waals surface area (Å²) in [6.45, 7) is 27.8. The number of aromatic nitrogens is 1. The van der Waals surface area contributed by atoms with Crippen molar-refractivity contribution >= 4 is 66.5 Å². The normalized spacial score (nSPS) is 13.5. The van der Waals surface area contributed by atoms with Gasteiger partial charge in [0.25, 0.3) is 6.71 Å². The van der Waals surface area contributed by atoms with Crippen LogP contribution >= 0.6 is 0 Å². The molecule has 2 nitrogen and oxygen atoms in total. The van der Waals surface area contributed by atoms with E-state index in [1.165, 1.54) is 104 Å². The number of fused-ring (bicyclic) bond motifs is 12. The lowest BCUT2D eigenvalue weighted by molar-refractivity contribution is 0.488. The molecule has 0 N–H and O–H groups in total. The van der Waals surface area contributed by atoms with Crippen LogP contribution in [-0.4, -0.2) is 11.3 Å². The first-order valence-electron chi connectivity index (χ1n) is 24.3. The molecule has 0 atom stereocenters. The van der Waals surface area contributed by atoms with Gasteiger partial charge in [0.2, 0.25) is 0 Å². The maximum atomic E-state index is 7.16. The van der Waals surface area contributed by atoms with Crippen LogP contribution in [0.2, 0.25) is 0 Å². The highest BCUT2D eigenvalue weighted by molar-refractivity contribution is 6.99. The van der Waals surface area contributed by atoms with E-state index in [1.807, 2.05) is 0 Å². The van der Waals surface area contributed by atoms with Crippen LogP contribution in [-0.2, 0) is 21.7 Å². The number of rotatable bonds is 2. The van der Waals surface area contributed by atoms with E-state index in [-0.39, 0.29) is 28.4 Å². The Balaban J connectivity index is 1.30. The minimum Gasteiger partial charge on any atom is -0.458 e. The van der Waals surface area contributed by atoms with E-state index in [4.69, 9.17) is 4.74 Å². The van der Waals surface area contributed by atoms with Crippen molar-refractivity contribution in [1.82, 2.24) is 4.57 Å². The summed E-state index contributed by atoms with van der Waals surface area (Å²) >= 11 is 0. The molecule has 0 saturated heterocycles. The molecule has 67 heavy (non-hydrogen) atoms. The first-order chi connectivity index (χ1) is 31.7. The summed E-state index contributed by atoms with van der Waals surface area (Å²) in [7, 11) is 0. The van der Waals surface area contributed by atoms with Gasteiger partial charge >= 0.3 is 0 Å². The number of benzene rings is 8. The van der Waals surface area contributed by atoms with Gasteiger partial charge in [-0.05, 0) is 134 Å². The molecular weight excluding hydrogens is 810 g/mol. The predicted octanol–water partition coefficient (Wildman–Crippen LogP) is 15.7. The number of hydrogen-bond donors (Lipinski definition) is 0. The topological polar surface area (TPSA) is 14.2 Å². The molecule has 0 spiro atoms. The number of hydrogen-bond acceptors (Lipinski definition) is 1. The molecule has 0 radical (unpaired) electrons. The van der Waals surface area contributed by atoms with Crippen molar-refractivity contribution < 1.29 is 4.74 Å². The Morgan fingerprint density at radius 3 is 1.31 bits per heavy atom. The third-order valence-electron chi connectivity index (χ3n) is 14.7. The van der Waals surface area contributed by atoms with E-state index in [1.54, 1.807) is 0 Å². The molecule has 0 amide bonds. The summed E-state index contributed by atoms with van der Waals surface area (Å²) in [6.07, 6.45) is 0. The zero-order chi connectivity index (χ0) is 46.9. The maximum Gasteiger partial charge on any atom is 0.256 e. The minimum absolute atomic E-state index is 0.00294. The summed E-state index contributed by atoms with van der Waals surface area (Å²) in [4.78, 5) is 0. The van der Waals surface area contributed by atoms with Crippen LogP contribution in [0.3, 0.4) is 0 Å². The summed E-state index contributed by atoms with van der Waals surface area (Å²) in [5, 5.41) is 7.28. The Morgan fingerprint density at radius 2 is 0.791 bits per heavy atom. The van der Waals surface area contributed by atoms with Gasteiger partial charge in [0.1, 0.15) is 11.5 Å². The van der Waals surface area contributed by atoms with Crippen molar-refractivity contribution in [2.45, 2.75) is 105 Å². The summed E-state index contributed by atoms with van der Waals surface area (Å²) < 4.78 is 9.75. The summed E-state index contributed by atoms with van der Waals surface area (Å²) in [5.74, 6) is 1.82. The Kier molecular flexibility index (Phi) is 9.61. The lowest BCUT2D eigenvalue weighted by atomic mass is 9.34. The van der Waals surface area contributed by atoms with Crippen molar-refractivity contribution in [3.05, 3.63) is 180 Å². The molecule has 0 aliphatic carbocycles. The van der Waals surface area contributed by atoms with E-state index in [0.29, 0.717) is 0 Å². The molecule has 2 aliphatic heterocycles. The average molecular weight is 872 g/mol. The monoisotopic (exact) mass is 871 g/mol. The van der Waals surface area contributed by atoms with Gasteiger partial charge in [0, 0.05) is 16.5 Å². The molecule has 0 fully saturated rings. The Bertz CT molecular complexity index is 3530. The van der Waals surface area contributed by atoms with Crippen LogP contribution < -0.4 is 21.1 Å². The van der Waals surface area contributed by atoms with E-state index < -0.39 is 0 Å². The summed E-state index contributed by atoms with van der Waals surface area (Å²) in [6, 6.07) is 60.3. The van der Waals surface area contributed by atoms with Crippen LogP contribution in [0.15, 0.2) is 158 Å². The summed E-state index contributed by atoms with van der Waals surface area (Å²) in [5.41, 5.74) is 17.5.